The van der Waals surface area contributed by atoms with Gasteiger partial charge in [-0.05, 0) is 25.0 Å². The van der Waals surface area contributed by atoms with Crippen LogP contribution in [-0.2, 0) is 14.8 Å². The molecule has 6 nitrogen and oxygen atoms in total. The lowest BCUT2D eigenvalue weighted by Crippen LogP contribution is -2.31. The first-order valence-electron chi connectivity index (χ1n) is 5.62. The number of hydrogen-bond donors (Lipinski definition) is 3. The van der Waals surface area contributed by atoms with Gasteiger partial charge in [-0.15, -0.1) is 0 Å². The Balaban J connectivity index is 2.02. The third-order valence-electron chi connectivity index (χ3n) is 2.58. The average Bonchev–Trinajstić information content (AvgIpc) is 3.09. The number of hydrogen-bond acceptors (Lipinski definition) is 4. The molecule has 0 aliphatic heterocycles. The molecule has 1 amide bonds. The van der Waals surface area contributed by atoms with Crippen molar-refractivity contribution in [2.45, 2.75) is 23.8 Å². The summed E-state index contributed by atoms with van der Waals surface area (Å²) in [6, 6.07) is 6.51. The second kappa shape index (κ2) is 4.95. The highest BCUT2D eigenvalue weighted by Crippen LogP contribution is 2.20. The van der Waals surface area contributed by atoms with Gasteiger partial charge >= 0.3 is 0 Å². The topological polar surface area (TPSA) is 101 Å². The number of nitrogens with two attached hydrogens (primary N) is 1. The van der Waals surface area contributed by atoms with Crippen LogP contribution in [0.1, 0.15) is 12.8 Å². The summed E-state index contributed by atoms with van der Waals surface area (Å²) in [4.78, 5) is 11.5. The van der Waals surface area contributed by atoms with Crippen molar-refractivity contribution in [3.05, 3.63) is 24.3 Å². The van der Waals surface area contributed by atoms with E-state index in [2.05, 4.69) is 10.6 Å². The van der Waals surface area contributed by atoms with E-state index < -0.39 is 10.0 Å². The van der Waals surface area contributed by atoms with E-state index in [4.69, 9.17) is 5.14 Å². The predicted octanol–water partition coefficient (Wildman–Crippen LogP) is 0.0245. The van der Waals surface area contributed by atoms with Gasteiger partial charge in [-0.3, -0.25) is 4.79 Å². The Hall–Kier alpha value is -1.60. The molecule has 7 heteroatoms. The molecule has 18 heavy (non-hydrogen) atoms. The Morgan fingerprint density at radius 3 is 2.61 bits per heavy atom. The van der Waals surface area contributed by atoms with Gasteiger partial charge in [0.15, 0.2) is 0 Å². The molecule has 1 aromatic rings. The van der Waals surface area contributed by atoms with Crippen LogP contribution in [0.15, 0.2) is 29.2 Å². The van der Waals surface area contributed by atoms with Gasteiger partial charge in [0.05, 0.1) is 12.2 Å². The fraction of sp³-hybridized carbons (Fsp3) is 0.364. The third kappa shape index (κ3) is 3.44. The summed E-state index contributed by atoms with van der Waals surface area (Å²) in [5.74, 6) is -0.151. The number of amides is 1. The fourth-order valence-corrected chi connectivity index (χ4v) is 2.26. The minimum atomic E-state index is -3.79. The van der Waals surface area contributed by atoms with Crippen LogP contribution in [0, 0.1) is 0 Å². The first kappa shape index (κ1) is 12.8. The zero-order chi connectivity index (χ0) is 13.2. The fourth-order valence-electron chi connectivity index (χ4n) is 1.54. The Morgan fingerprint density at radius 1 is 1.33 bits per heavy atom. The van der Waals surface area contributed by atoms with E-state index in [1.54, 1.807) is 18.2 Å². The molecule has 0 bridgehead atoms. The molecule has 0 unspecified atom stereocenters. The Bertz CT molecular complexity index is 552. The van der Waals surface area contributed by atoms with E-state index in [-0.39, 0.29) is 23.4 Å². The van der Waals surface area contributed by atoms with Crippen LogP contribution in [0.3, 0.4) is 0 Å². The van der Waals surface area contributed by atoms with Crippen molar-refractivity contribution in [3.8, 4) is 0 Å². The summed E-state index contributed by atoms with van der Waals surface area (Å²) in [5.41, 5.74) is 0.339. The van der Waals surface area contributed by atoms with Gasteiger partial charge in [0.1, 0.15) is 4.90 Å². The monoisotopic (exact) mass is 269 g/mol. The van der Waals surface area contributed by atoms with Crippen molar-refractivity contribution < 1.29 is 13.2 Å². The molecule has 1 saturated carbocycles. The lowest BCUT2D eigenvalue weighted by Gasteiger charge is -2.10. The second-order valence-electron chi connectivity index (χ2n) is 4.24. The summed E-state index contributed by atoms with van der Waals surface area (Å²) in [6.45, 7) is 0.0308. The van der Waals surface area contributed by atoms with Crippen LogP contribution in [0.2, 0.25) is 0 Å². The summed E-state index contributed by atoms with van der Waals surface area (Å²) in [6.07, 6.45) is 2.03. The Morgan fingerprint density at radius 2 is 2.00 bits per heavy atom. The molecule has 1 aromatic carbocycles. The molecule has 0 saturated heterocycles. The number of para-hydroxylation sites is 1. The third-order valence-corrected chi connectivity index (χ3v) is 3.54. The molecular formula is C11H15N3O3S. The van der Waals surface area contributed by atoms with Crippen molar-refractivity contribution in [1.82, 2.24) is 5.32 Å². The number of carbonyl (C=O) groups excluding carboxylic acids is 1. The first-order valence-corrected chi connectivity index (χ1v) is 7.16. The molecule has 0 atom stereocenters. The van der Waals surface area contributed by atoms with Crippen molar-refractivity contribution in [2.24, 2.45) is 5.14 Å². The summed E-state index contributed by atoms with van der Waals surface area (Å²) < 4.78 is 22.6. The van der Waals surface area contributed by atoms with Crippen LogP contribution in [0.5, 0.6) is 0 Å². The zero-order valence-electron chi connectivity index (χ0n) is 9.72. The van der Waals surface area contributed by atoms with E-state index in [0.29, 0.717) is 5.69 Å². The normalized spacial score (nSPS) is 15.2. The molecule has 98 valence electrons. The SMILES string of the molecule is NS(=O)(=O)c1ccccc1NCC(=O)NC1CC1. The summed E-state index contributed by atoms with van der Waals surface area (Å²) in [7, 11) is -3.79. The molecule has 0 heterocycles. The zero-order valence-corrected chi connectivity index (χ0v) is 10.5. The number of nitrogens with one attached hydrogen (secondary N) is 2. The van der Waals surface area contributed by atoms with E-state index in [1.165, 1.54) is 6.07 Å². The van der Waals surface area contributed by atoms with E-state index in [1.807, 2.05) is 0 Å². The van der Waals surface area contributed by atoms with Crippen molar-refractivity contribution in [2.75, 3.05) is 11.9 Å². The maximum atomic E-state index is 11.5. The molecule has 1 aliphatic carbocycles. The van der Waals surface area contributed by atoms with E-state index in [0.717, 1.165) is 12.8 Å². The molecule has 1 aliphatic rings. The molecule has 0 radical (unpaired) electrons. The standard InChI is InChI=1S/C11H15N3O3S/c12-18(16,17)10-4-2-1-3-9(10)13-7-11(15)14-8-5-6-8/h1-4,8,13H,5-7H2,(H,14,15)(H2,12,16,17). The highest BCUT2D eigenvalue weighted by Gasteiger charge is 2.23. The highest BCUT2D eigenvalue weighted by atomic mass is 32.2. The first-order chi connectivity index (χ1) is 8.47. The summed E-state index contributed by atoms with van der Waals surface area (Å²) in [5, 5.41) is 10.7. The van der Waals surface area contributed by atoms with Crippen molar-refractivity contribution >= 4 is 21.6 Å². The van der Waals surface area contributed by atoms with Gasteiger partial charge in [0.2, 0.25) is 15.9 Å². The minimum absolute atomic E-state index is 0.00998. The number of anilines is 1. The molecular weight excluding hydrogens is 254 g/mol. The molecule has 0 aromatic heterocycles. The van der Waals surface area contributed by atoms with Crippen molar-refractivity contribution in [1.29, 1.82) is 0 Å². The number of rotatable bonds is 5. The van der Waals surface area contributed by atoms with Crippen LogP contribution in [0.25, 0.3) is 0 Å². The molecule has 4 N–H and O–H groups in total. The molecule has 1 fully saturated rings. The van der Waals surface area contributed by atoms with E-state index in [9.17, 15) is 13.2 Å². The van der Waals surface area contributed by atoms with Crippen molar-refractivity contribution in [3.63, 3.8) is 0 Å². The second-order valence-corrected chi connectivity index (χ2v) is 5.77. The van der Waals surface area contributed by atoms with Gasteiger partial charge in [0, 0.05) is 6.04 Å². The largest absolute Gasteiger partial charge is 0.375 e. The quantitative estimate of drug-likeness (QED) is 0.701. The highest BCUT2D eigenvalue weighted by molar-refractivity contribution is 7.89. The lowest BCUT2D eigenvalue weighted by molar-refractivity contribution is -0.119. The van der Waals surface area contributed by atoms with Crippen LogP contribution >= 0.6 is 0 Å². The Kier molecular flexibility index (Phi) is 3.53. The average molecular weight is 269 g/mol. The number of benzene rings is 1. The van der Waals surface area contributed by atoms with Crippen LogP contribution in [-0.4, -0.2) is 26.9 Å². The molecule has 2 rings (SSSR count). The van der Waals surface area contributed by atoms with Gasteiger partial charge in [-0.2, -0.15) is 0 Å². The summed E-state index contributed by atoms with van der Waals surface area (Å²) >= 11 is 0. The van der Waals surface area contributed by atoms with Crippen LogP contribution < -0.4 is 15.8 Å². The van der Waals surface area contributed by atoms with E-state index >= 15 is 0 Å². The van der Waals surface area contributed by atoms with Gasteiger partial charge in [0.25, 0.3) is 0 Å². The minimum Gasteiger partial charge on any atom is -0.375 e. The maximum Gasteiger partial charge on any atom is 0.240 e. The smallest absolute Gasteiger partial charge is 0.240 e. The number of sulfonamides is 1. The maximum absolute atomic E-state index is 11.5. The predicted molar refractivity (Wildman–Crippen MR) is 67.5 cm³/mol. The van der Waals surface area contributed by atoms with Crippen LogP contribution in [0.4, 0.5) is 5.69 Å². The molecule has 0 spiro atoms. The van der Waals surface area contributed by atoms with Gasteiger partial charge in [-0.25, -0.2) is 13.6 Å². The Labute approximate surface area is 106 Å². The lowest BCUT2D eigenvalue weighted by atomic mass is 10.3. The number of primary sulfonamides is 1. The van der Waals surface area contributed by atoms with Gasteiger partial charge < -0.3 is 10.6 Å². The van der Waals surface area contributed by atoms with Gasteiger partial charge in [-0.1, -0.05) is 12.1 Å². The number of carbonyl (C=O) groups is 1.